The SMILES string of the molecule is COc1cc2nc(SCC(=O)Nc3ccc(C)cc3C)n3nc(-c4ccc([N+](=O)[O-])cc4)nc3c2cc1OC. The number of nitrogens with zero attached hydrogens (tertiary/aromatic N) is 5. The lowest BCUT2D eigenvalue weighted by Crippen LogP contribution is -2.15. The number of non-ortho nitro benzene ring substituents is 1. The summed E-state index contributed by atoms with van der Waals surface area (Å²) in [6, 6.07) is 15.3. The third-order valence-corrected chi connectivity index (χ3v) is 7.00. The lowest BCUT2D eigenvalue weighted by atomic mass is 10.1. The maximum Gasteiger partial charge on any atom is 0.269 e. The van der Waals surface area contributed by atoms with E-state index in [-0.39, 0.29) is 17.3 Å². The number of aromatic nitrogens is 4. The monoisotopic (exact) mass is 544 g/mol. The fourth-order valence-electron chi connectivity index (χ4n) is 4.13. The molecule has 0 aliphatic heterocycles. The molecule has 39 heavy (non-hydrogen) atoms. The third kappa shape index (κ3) is 5.18. The van der Waals surface area contributed by atoms with Gasteiger partial charge in [0.25, 0.3) is 5.69 Å². The quantitative estimate of drug-likeness (QED) is 0.121. The summed E-state index contributed by atoms with van der Waals surface area (Å²) in [5, 5.41) is 19.8. The molecule has 5 rings (SSSR count). The van der Waals surface area contributed by atoms with Gasteiger partial charge in [-0.15, -0.1) is 5.10 Å². The second kappa shape index (κ2) is 10.6. The van der Waals surface area contributed by atoms with Crippen LogP contribution in [0.15, 0.2) is 59.8 Å². The first kappa shape index (κ1) is 25.9. The van der Waals surface area contributed by atoms with Crippen molar-refractivity contribution >= 4 is 45.6 Å². The van der Waals surface area contributed by atoms with Crippen LogP contribution in [0.1, 0.15) is 11.1 Å². The fourth-order valence-corrected chi connectivity index (χ4v) is 4.87. The van der Waals surface area contributed by atoms with Crippen molar-refractivity contribution < 1.29 is 19.2 Å². The molecule has 0 fully saturated rings. The van der Waals surface area contributed by atoms with Crippen LogP contribution in [0.4, 0.5) is 11.4 Å². The molecule has 3 aromatic carbocycles. The number of anilines is 1. The first-order valence-electron chi connectivity index (χ1n) is 11.8. The number of benzene rings is 3. The van der Waals surface area contributed by atoms with Crippen LogP contribution in [0.2, 0.25) is 0 Å². The Morgan fingerprint density at radius 1 is 1.03 bits per heavy atom. The number of ether oxygens (including phenoxy) is 2. The van der Waals surface area contributed by atoms with Gasteiger partial charge in [-0.2, -0.15) is 4.52 Å². The summed E-state index contributed by atoms with van der Waals surface area (Å²) >= 11 is 1.22. The van der Waals surface area contributed by atoms with E-state index in [0.717, 1.165) is 16.8 Å². The number of nitrogens with one attached hydrogen (secondary N) is 1. The van der Waals surface area contributed by atoms with Crippen LogP contribution >= 0.6 is 11.8 Å². The van der Waals surface area contributed by atoms with Crippen LogP contribution < -0.4 is 14.8 Å². The maximum atomic E-state index is 12.8. The lowest BCUT2D eigenvalue weighted by Gasteiger charge is -2.11. The number of aryl methyl sites for hydroxylation is 2. The van der Waals surface area contributed by atoms with Crippen LogP contribution in [-0.4, -0.2) is 50.4 Å². The Morgan fingerprint density at radius 2 is 1.74 bits per heavy atom. The fraction of sp³-hybridized carbons (Fsp3) is 0.185. The van der Waals surface area contributed by atoms with E-state index in [1.54, 1.807) is 43.0 Å². The van der Waals surface area contributed by atoms with Crippen molar-refractivity contribution in [3.8, 4) is 22.9 Å². The summed E-state index contributed by atoms with van der Waals surface area (Å²) in [6.07, 6.45) is 0. The average molecular weight is 545 g/mol. The first-order chi connectivity index (χ1) is 18.8. The Hall–Kier alpha value is -4.71. The Labute approximate surface area is 227 Å². The number of carbonyl (C=O) groups excluding carboxylic acids is 1. The topological polar surface area (TPSA) is 134 Å². The van der Waals surface area contributed by atoms with Gasteiger partial charge in [0.1, 0.15) is 0 Å². The van der Waals surface area contributed by atoms with Crippen molar-refractivity contribution in [2.24, 2.45) is 0 Å². The minimum Gasteiger partial charge on any atom is -0.493 e. The van der Waals surface area contributed by atoms with Crippen LogP contribution in [0, 0.1) is 24.0 Å². The van der Waals surface area contributed by atoms with Crippen LogP contribution in [-0.2, 0) is 4.79 Å². The van der Waals surface area contributed by atoms with E-state index in [0.29, 0.717) is 44.6 Å². The van der Waals surface area contributed by atoms with Crippen LogP contribution in [0.25, 0.3) is 27.9 Å². The molecule has 0 saturated heterocycles. The van der Waals surface area contributed by atoms with Crippen LogP contribution in [0.5, 0.6) is 11.5 Å². The highest BCUT2D eigenvalue weighted by Crippen LogP contribution is 2.35. The highest BCUT2D eigenvalue weighted by atomic mass is 32.2. The zero-order valence-corrected chi connectivity index (χ0v) is 22.4. The molecule has 12 heteroatoms. The smallest absolute Gasteiger partial charge is 0.269 e. The number of methoxy groups -OCH3 is 2. The molecule has 2 heterocycles. The van der Waals surface area contributed by atoms with Gasteiger partial charge in [0.2, 0.25) is 5.91 Å². The van der Waals surface area contributed by atoms with E-state index >= 15 is 0 Å². The molecule has 11 nitrogen and oxygen atoms in total. The molecular weight excluding hydrogens is 520 g/mol. The first-order valence-corrected chi connectivity index (χ1v) is 12.8. The molecule has 1 amide bonds. The number of nitro groups is 1. The Balaban J connectivity index is 1.55. The predicted molar refractivity (Wildman–Crippen MR) is 149 cm³/mol. The van der Waals surface area contributed by atoms with Gasteiger partial charge in [0, 0.05) is 34.8 Å². The van der Waals surface area contributed by atoms with Crippen LogP contribution in [0.3, 0.4) is 0 Å². The third-order valence-electron chi connectivity index (χ3n) is 6.07. The number of carbonyl (C=O) groups is 1. The molecule has 5 aromatic rings. The summed E-state index contributed by atoms with van der Waals surface area (Å²) < 4.78 is 12.5. The minimum absolute atomic E-state index is 0.0301. The molecule has 0 spiro atoms. The molecule has 0 saturated carbocycles. The standard InChI is InChI=1S/C27H24N6O5S/c1-15-5-10-20(16(2)11-15)28-24(34)14-39-27-29-21-13-23(38-4)22(37-3)12-19(21)26-30-25(31-32(26)27)17-6-8-18(9-7-17)33(35)36/h5-13H,14H2,1-4H3,(H,28,34). The zero-order valence-electron chi connectivity index (χ0n) is 21.6. The molecule has 0 unspecified atom stereocenters. The Kier molecular flexibility index (Phi) is 7.03. The summed E-state index contributed by atoms with van der Waals surface area (Å²) in [4.78, 5) is 32.9. The summed E-state index contributed by atoms with van der Waals surface area (Å²) in [6.45, 7) is 3.94. The largest absolute Gasteiger partial charge is 0.493 e. The second-order valence-electron chi connectivity index (χ2n) is 8.75. The molecular formula is C27H24N6O5S. The molecule has 0 radical (unpaired) electrons. The number of thioether (sulfide) groups is 1. The van der Waals surface area contributed by atoms with Crippen molar-refractivity contribution in [2.45, 2.75) is 19.0 Å². The molecule has 0 aliphatic carbocycles. The summed E-state index contributed by atoms with van der Waals surface area (Å²) in [5.74, 6) is 1.25. The van der Waals surface area contributed by atoms with Gasteiger partial charge < -0.3 is 14.8 Å². The Morgan fingerprint density at radius 3 is 2.41 bits per heavy atom. The number of amides is 1. The van der Waals surface area contributed by atoms with Crippen molar-refractivity contribution in [3.63, 3.8) is 0 Å². The summed E-state index contributed by atoms with van der Waals surface area (Å²) in [7, 11) is 3.08. The van der Waals surface area contributed by atoms with E-state index in [2.05, 4.69) is 10.4 Å². The van der Waals surface area contributed by atoms with E-state index < -0.39 is 4.92 Å². The molecule has 2 aromatic heterocycles. The van der Waals surface area contributed by atoms with Gasteiger partial charge >= 0.3 is 0 Å². The number of nitro benzene ring substituents is 1. The molecule has 1 N–H and O–H groups in total. The predicted octanol–water partition coefficient (Wildman–Crippen LogP) is 5.22. The van der Waals surface area contributed by atoms with Gasteiger partial charge in [-0.05, 0) is 43.7 Å². The average Bonchev–Trinajstić information content (AvgIpc) is 3.38. The van der Waals surface area contributed by atoms with Gasteiger partial charge in [-0.25, -0.2) is 9.97 Å². The molecule has 0 atom stereocenters. The summed E-state index contributed by atoms with van der Waals surface area (Å²) in [5.41, 5.74) is 4.49. The number of rotatable bonds is 8. The highest BCUT2D eigenvalue weighted by molar-refractivity contribution is 7.99. The normalized spacial score (nSPS) is 11.1. The van der Waals surface area contributed by atoms with Gasteiger partial charge in [-0.3, -0.25) is 14.9 Å². The Bertz CT molecular complexity index is 1740. The number of fused-ring (bicyclic) bond motifs is 3. The zero-order chi connectivity index (χ0) is 27.7. The van der Waals surface area contributed by atoms with Crippen molar-refractivity contribution in [2.75, 3.05) is 25.3 Å². The van der Waals surface area contributed by atoms with Crippen molar-refractivity contribution in [1.82, 2.24) is 19.6 Å². The highest BCUT2D eigenvalue weighted by Gasteiger charge is 2.19. The van der Waals surface area contributed by atoms with Gasteiger partial charge in [0.05, 0.1) is 30.4 Å². The van der Waals surface area contributed by atoms with E-state index in [4.69, 9.17) is 19.4 Å². The maximum absolute atomic E-state index is 12.8. The number of hydrogen-bond acceptors (Lipinski definition) is 9. The minimum atomic E-state index is -0.462. The van der Waals surface area contributed by atoms with Crippen molar-refractivity contribution in [3.05, 3.63) is 75.8 Å². The molecule has 198 valence electrons. The lowest BCUT2D eigenvalue weighted by molar-refractivity contribution is -0.384. The number of hydrogen-bond donors (Lipinski definition) is 1. The van der Waals surface area contributed by atoms with E-state index in [1.807, 2.05) is 32.0 Å². The molecule has 0 aliphatic rings. The molecule has 0 bridgehead atoms. The van der Waals surface area contributed by atoms with Crippen molar-refractivity contribution in [1.29, 1.82) is 0 Å². The van der Waals surface area contributed by atoms with E-state index in [9.17, 15) is 14.9 Å². The van der Waals surface area contributed by atoms with E-state index in [1.165, 1.54) is 23.9 Å². The van der Waals surface area contributed by atoms with Gasteiger partial charge in [0.15, 0.2) is 28.1 Å². The van der Waals surface area contributed by atoms with Gasteiger partial charge in [-0.1, -0.05) is 29.5 Å². The second-order valence-corrected chi connectivity index (χ2v) is 9.69.